The highest BCUT2D eigenvalue weighted by Gasteiger charge is 2.26. The molecule has 17 heavy (non-hydrogen) atoms. The maximum atomic E-state index is 11.7. The first kappa shape index (κ1) is 15.9. The minimum Gasteiger partial charge on any atom is -0.466 e. The number of esters is 2. The van der Waals surface area contributed by atoms with Gasteiger partial charge >= 0.3 is 11.9 Å². The lowest BCUT2D eigenvalue weighted by atomic mass is 9.96. The summed E-state index contributed by atoms with van der Waals surface area (Å²) in [5.74, 6) is -0.854. The molecule has 2 atom stereocenters. The Kier molecular flexibility index (Phi) is 8.40. The molecule has 0 aromatic carbocycles. The van der Waals surface area contributed by atoms with Gasteiger partial charge in [-0.15, -0.1) is 0 Å². The largest absolute Gasteiger partial charge is 0.466 e. The zero-order chi connectivity index (χ0) is 13.3. The summed E-state index contributed by atoms with van der Waals surface area (Å²) in [6.45, 7) is 6.14. The molecule has 5 nitrogen and oxygen atoms in total. The fourth-order valence-electron chi connectivity index (χ4n) is 1.53. The molecule has 0 heterocycles. The standard InChI is InChI=1S/C12H23NO4/c1-5-16-11(14)8-7-10(9(3)13-4)12(15)17-6-2/h9-10,13H,5-8H2,1-4H3. The number of hydrogen-bond acceptors (Lipinski definition) is 5. The van der Waals surface area contributed by atoms with Gasteiger partial charge in [-0.25, -0.2) is 0 Å². The molecule has 0 saturated carbocycles. The van der Waals surface area contributed by atoms with Crippen LogP contribution in [0.5, 0.6) is 0 Å². The van der Waals surface area contributed by atoms with Crippen LogP contribution in [0.25, 0.3) is 0 Å². The fourth-order valence-corrected chi connectivity index (χ4v) is 1.53. The summed E-state index contributed by atoms with van der Waals surface area (Å²) in [4.78, 5) is 22.9. The molecule has 0 fully saturated rings. The van der Waals surface area contributed by atoms with Crippen LogP contribution in [-0.2, 0) is 19.1 Å². The third-order valence-corrected chi connectivity index (χ3v) is 2.61. The van der Waals surface area contributed by atoms with Crippen molar-refractivity contribution in [3.05, 3.63) is 0 Å². The molecule has 2 unspecified atom stereocenters. The Hall–Kier alpha value is -1.10. The van der Waals surface area contributed by atoms with E-state index < -0.39 is 0 Å². The average Bonchev–Trinajstić information content (AvgIpc) is 2.29. The molecule has 0 aromatic rings. The molecule has 0 aliphatic carbocycles. The van der Waals surface area contributed by atoms with Crippen molar-refractivity contribution in [3.8, 4) is 0 Å². The monoisotopic (exact) mass is 245 g/mol. The van der Waals surface area contributed by atoms with Crippen LogP contribution in [0.1, 0.15) is 33.6 Å². The number of ether oxygens (including phenoxy) is 2. The SMILES string of the molecule is CCOC(=O)CCC(C(=O)OCC)C(C)NC. The van der Waals surface area contributed by atoms with Gasteiger partial charge in [-0.05, 0) is 34.2 Å². The number of carbonyl (C=O) groups excluding carboxylic acids is 2. The molecule has 0 radical (unpaired) electrons. The lowest BCUT2D eigenvalue weighted by molar-refractivity contribution is -0.150. The van der Waals surface area contributed by atoms with Crippen molar-refractivity contribution in [2.24, 2.45) is 5.92 Å². The number of rotatable bonds is 8. The van der Waals surface area contributed by atoms with Crippen molar-refractivity contribution in [1.29, 1.82) is 0 Å². The zero-order valence-corrected chi connectivity index (χ0v) is 11.1. The van der Waals surface area contributed by atoms with Gasteiger partial charge in [-0.1, -0.05) is 0 Å². The first-order valence-corrected chi connectivity index (χ1v) is 6.06. The Balaban J connectivity index is 4.29. The summed E-state index contributed by atoms with van der Waals surface area (Å²) in [6.07, 6.45) is 0.684. The minimum atomic E-state index is -0.315. The van der Waals surface area contributed by atoms with Crippen LogP contribution in [0.2, 0.25) is 0 Å². The van der Waals surface area contributed by atoms with Crippen LogP contribution in [0.4, 0.5) is 0 Å². The van der Waals surface area contributed by atoms with Gasteiger partial charge in [0.05, 0.1) is 19.1 Å². The normalized spacial score (nSPS) is 13.9. The molecule has 0 saturated heterocycles. The molecular formula is C12H23NO4. The van der Waals surface area contributed by atoms with Crippen molar-refractivity contribution in [1.82, 2.24) is 5.32 Å². The van der Waals surface area contributed by atoms with Crippen molar-refractivity contribution in [2.75, 3.05) is 20.3 Å². The maximum Gasteiger partial charge on any atom is 0.310 e. The van der Waals surface area contributed by atoms with E-state index in [1.807, 2.05) is 6.92 Å². The van der Waals surface area contributed by atoms with Crippen molar-refractivity contribution in [2.45, 2.75) is 39.7 Å². The van der Waals surface area contributed by atoms with Gasteiger partial charge in [0.2, 0.25) is 0 Å². The molecule has 0 amide bonds. The maximum absolute atomic E-state index is 11.7. The third kappa shape index (κ3) is 6.26. The first-order chi connectivity index (χ1) is 8.06. The van der Waals surface area contributed by atoms with Gasteiger partial charge in [-0.2, -0.15) is 0 Å². The molecule has 100 valence electrons. The van der Waals surface area contributed by atoms with E-state index in [1.54, 1.807) is 20.9 Å². The summed E-state index contributed by atoms with van der Waals surface area (Å²) >= 11 is 0. The second kappa shape index (κ2) is 8.98. The van der Waals surface area contributed by atoms with Crippen LogP contribution in [0, 0.1) is 5.92 Å². The van der Waals surface area contributed by atoms with E-state index in [2.05, 4.69) is 5.32 Å². The summed E-state index contributed by atoms with van der Waals surface area (Å²) in [5, 5.41) is 3.01. The summed E-state index contributed by atoms with van der Waals surface area (Å²) < 4.78 is 9.82. The second-order valence-electron chi connectivity index (χ2n) is 3.78. The Labute approximate surface area is 103 Å². The number of nitrogens with one attached hydrogen (secondary N) is 1. The lowest BCUT2D eigenvalue weighted by Crippen LogP contribution is -2.37. The third-order valence-electron chi connectivity index (χ3n) is 2.61. The smallest absolute Gasteiger partial charge is 0.310 e. The summed E-state index contributed by atoms with van der Waals surface area (Å²) in [5.41, 5.74) is 0. The van der Waals surface area contributed by atoms with Gasteiger partial charge < -0.3 is 14.8 Å². The Bertz CT molecular complexity index is 243. The van der Waals surface area contributed by atoms with Crippen molar-refractivity contribution in [3.63, 3.8) is 0 Å². The van der Waals surface area contributed by atoms with Gasteiger partial charge in [0.25, 0.3) is 0 Å². The van der Waals surface area contributed by atoms with Crippen LogP contribution in [0.3, 0.4) is 0 Å². The van der Waals surface area contributed by atoms with Crippen LogP contribution >= 0.6 is 0 Å². The topological polar surface area (TPSA) is 64.6 Å². The predicted molar refractivity (Wildman–Crippen MR) is 64.5 cm³/mol. The number of hydrogen-bond donors (Lipinski definition) is 1. The second-order valence-corrected chi connectivity index (χ2v) is 3.78. The molecule has 5 heteroatoms. The molecule has 0 spiro atoms. The molecule has 0 aliphatic rings. The Morgan fingerprint density at radius 2 is 1.76 bits per heavy atom. The lowest BCUT2D eigenvalue weighted by Gasteiger charge is -2.21. The van der Waals surface area contributed by atoms with E-state index in [0.717, 1.165) is 0 Å². The van der Waals surface area contributed by atoms with Gasteiger partial charge in [0, 0.05) is 12.5 Å². The van der Waals surface area contributed by atoms with E-state index in [-0.39, 0.29) is 30.3 Å². The van der Waals surface area contributed by atoms with E-state index in [1.165, 1.54) is 0 Å². The molecule has 0 aliphatic heterocycles. The van der Waals surface area contributed by atoms with Crippen LogP contribution < -0.4 is 5.32 Å². The van der Waals surface area contributed by atoms with Gasteiger partial charge in [0.15, 0.2) is 0 Å². The Morgan fingerprint density at radius 1 is 1.18 bits per heavy atom. The quantitative estimate of drug-likeness (QED) is 0.649. The molecule has 0 rings (SSSR count). The van der Waals surface area contributed by atoms with Crippen LogP contribution in [-0.4, -0.2) is 38.2 Å². The van der Waals surface area contributed by atoms with E-state index >= 15 is 0 Å². The molecule has 0 aromatic heterocycles. The highest BCUT2D eigenvalue weighted by atomic mass is 16.5. The summed E-state index contributed by atoms with van der Waals surface area (Å²) in [6, 6.07) is -0.0246. The zero-order valence-electron chi connectivity index (χ0n) is 11.1. The minimum absolute atomic E-state index is 0.0246. The van der Waals surface area contributed by atoms with Gasteiger partial charge in [0.1, 0.15) is 0 Å². The van der Waals surface area contributed by atoms with Gasteiger partial charge in [-0.3, -0.25) is 9.59 Å². The molecule has 1 N–H and O–H groups in total. The highest BCUT2D eigenvalue weighted by molar-refractivity contribution is 5.75. The van der Waals surface area contributed by atoms with E-state index in [0.29, 0.717) is 19.6 Å². The first-order valence-electron chi connectivity index (χ1n) is 6.06. The van der Waals surface area contributed by atoms with E-state index in [4.69, 9.17) is 9.47 Å². The highest BCUT2D eigenvalue weighted by Crippen LogP contribution is 2.14. The molecule has 0 bridgehead atoms. The average molecular weight is 245 g/mol. The Morgan fingerprint density at radius 3 is 2.24 bits per heavy atom. The fraction of sp³-hybridized carbons (Fsp3) is 0.833. The predicted octanol–water partition coefficient (Wildman–Crippen LogP) is 1.12. The van der Waals surface area contributed by atoms with Crippen molar-refractivity contribution >= 4 is 11.9 Å². The molecular weight excluding hydrogens is 222 g/mol. The summed E-state index contributed by atoms with van der Waals surface area (Å²) in [7, 11) is 1.78. The number of carbonyl (C=O) groups is 2. The van der Waals surface area contributed by atoms with E-state index in [9.17, 15) is 9.59 Å². The van der Waals surface area contributed by atoms with Crippen LogP contribution in [0.15, 0.2) is 0 Å². The van der Waals surface area contributed by atoms with Crippen molar-refractivity contribution < 1.29 is 19.1 Å².